The van der Waals surface area contributed by atoms with Gasteiger partial charge in [0.25, 0.3) is 7.82 Å². The number of phosphoric acid groups is 1. The zero-order valence-corrected chi connectivity index (χ0v) is 38.2. The lowest BCUT2D eigenvalue weighted by Gasteiger charge is -2.29. The van der Waals surface area contributed by atoms with Crippen LogP contribution in [-0.4, -0.2) is 68.5 Å². The molecular formula is C47H91N2O6P. The molecule has 0 rings (SSSR count). The molecule has 0 aromatic heterocycles. The Labute approximate surface area is 347 Å². The van der Waals surface area contributed by atoms with Crippen LogP contribution in [-0.2, 0) is 18.4 Å². The first-order valence-corrected chi connectivity index (χ1v) is 24.8. The minimum Gasteiger partial charge on any atom is -0.756 e. The lowest BCUT2D eigenvalue weighted by Crippen LogP contribution is -2.45. The number of nitrogens with zero attached hydrogens (tertiary/aromatic N) is 1. The van der Waals surface area contributed by atoms with Gasteiger partial charge in [0, 0.05) is 6.42 Å². The Bertz CT molecular complexity index is 1010. The Morgan fingerprint density at radius 1 is 0.607 bits per heavy atom. The minimum atomic E-state index is -4.59. The van der Waals surface area contributed by atoms with Crippen molar-refractivity contribution in [3.8, 4) is 0 Å². The maximum absolute atomic E-state index is 12.8. The van der Waals surface area contributed by atoms with Gasteiger partial charge in [0.1, 0.15) is 13.2 Å². The molecule has 9 heteroatoms. The van der Waals surface area contributed by atoms with Gasteiger partial charge in [-0.1, -0.05) is 192 Å². The average molecular weight is 811 g/mol. The van der Waals surface area contributed by atoms with E-state index in [1.807, 2.05) is 27.2 Å². The van der Waals surface area contributed by atoms with Gasteiger partial charge in [-0.2, -0.15) is 0 Å². The van der Waals surface area contributed by atoms with Crippen LogP contribution in [0.1, 0.15) is 206 Å². The molecule has 56 heavy (non-hydrogen) atoms. The molecule has 3 unspecified atom stereocenters. The molecule has 0 fully saturated rings. The summed E-state index contributed by atoms with van der Waals surface area (Å²) in [7, 11) is 1.24. The lowest BCUT2D eigenvalue weighted by molar-refractivity contribution is -0.870. The summed E-state index contributed by atoms with van der Waals surface area (Å²) in [6, 6.07) is -0.905. The SMILES string of the molecule is CCCCCCCCCCCCCCCC/C=C/CC/C=C/CC/C=C/C(O)C(COP(=O)([O-])OCC[N+](C)(C)C)NC(=O)CCCCCCCCCCCC. The molecule has 0 aliphatic carbocycles. The quantitative estimate of drug-likeness (QED) is 0.0275. The monoisotopic (exact) mass is 811 g/mol. The number of hydrogen-bond acceptors (Lipinski definition) is 6. The van der Waals surface area contributed by atoms with Crippen LogP contribution in [0.3, 0.4) is 0 Å². The minimum absolute atomic E-state index is 0.00809. The van der Waals surface area contributed by atoms with Crippen molar-refractivity contribution >= 4 is 13.7 Å². The van der Waals surface area contributed by atoms with Crippen LogP contribution in [0.25, 0.3) is 0 Å². The second-order valence-corrected chi connectivity index (χ2v) is 18.5. The van der Waals surface area contributed by atoms with E-state index >= 15 is 0 Å². The van der Waals surface area contributed by atoms with E-state index in [-0.39, 0.29) is 12.5 Å². The lowest BCUT2D eigenvalue weighted by atomic mass is 10.0. The highest BCUT2D eigenvalue weighted by molar-refractivity contribution is 7.45. The third-order valence-electron chi connectivity index (χ3n) is 10.3. The summed E-state index contributed by atoms with van der Waals surface area (Å²) >= 11 is 0. The number of nitrogens with one attached hydrogen (secondary N) is 1. The van der Waals surface area contributed by atoms with E-state index in [1.54, 1.807) is 6.08 Å². The molecule has 0 saturated heterocycles. The van der Waals surface area contributed by atoms with Gasteiger partial charge < -0.3 is 28.8 Å². The summed E-state index contributed by atoms with van der Waals surface area (Å²) in [6.07, 6.45) is 47.8. The van der Waals surface area contributed by atoms with Gasteiger partial charge in [0.15, 0.2) is 0 Å². The first-order valence-electron chi connectivity index (χ1n) is 23.4. The molecule has 0 aliphatic rings. The van der Waals surface area contributed by atoms with Gasteiger partial charge in [0.2, 0.25) is 5.91 Å². The number of phosphoric ester groups is 1. The molecule has 0 spiro atoms. The number of quaternary nitrogens is 1. The van der Waals surface area contributed by atoms with Gasteiger partial charge in [-0.15, -0.1) is 0 Å². The van der Waals surface area contributed by atoms with E-state index in [0.717, 1.165) is 44.9 Å². The Balaban J connectivity index is 4.35. The van der Waals surface area contributed by atoms with Crippen molar-refractivity contribution in [1.82, 2.24) is 5.32 Å². The number of aliphatic hydroxyl groups excluding tert-OH is 1. The van der Waals surface area contributed by atoms with E-state index in [2.05, 4.69) is 43.5 Å². The molecule has 0 bridgehead atoms. The van der Waals surface area contributed by atoms with Crippen molar-refractivity contribution in [1.29, 1.82) is 0 Å². The summed E-state index contributed by atoms with van der Waals surface area (Å²) in [4.78, 5) is 25.2. The van der Waals surface area contributed by atoms with Gasteiger partial charge in [-0.3, -0.25) is 9.36 Å². The predicted octanol–water partition coefficient (Wildman–Crippen LogP) is 12.5. The highest BCUT2D eigenvalue weighted by Gasteiger charge is 2.23. The Kier molecular flexibility index (Phi) is 38.3. The van der Waals surface area contributed by atoms with E-state index in [0.29, 0.717) is 17.4 Å². The van der Waals surface area contributed by atoms with Crippen LogP contribution in [0.15, 0.2) is 36.5 Å². The number of amides is 1. The van der Waals surface area contributed by atoms with Crippen molar-refractivity contribution < 1.29 is 32.9 Å². The van der Waals surface area contributed by atoms with Gasteiger partial charge in [-0.25, -0.2) is 0 Å². The topological polar surface area (TPSA) is 108 Å². The summed E-state index contributed by atoms with van der Waals surface area (Å²) in [5.41, 5.74) is 0. The summed E-state index contributed by atoms with van der Waals surface area (Å²) in [6.45, 7) is 4.60. The molecule has 8 nitrogen and oxygen atoms in total. The van der Waals surface area contributed by atoms with Crippen LogP contribution >= 0.6 is 7.82 Å². The third-order valence-corrected chi connectivity index (χ3v) is 11.3. The van der Waals surface area contributed by atoms with Crippen LogP contribution < -0.4 is 10.2 Å². The zero-order chi connectivity index (χ0) is 41.4. The molecule has 0 aromatic carbocycles. The van der Waals surface area contributed by atoms with Crippen molar-refractivity contribution in [2.75, 3.05) is 40.9 Å². The second-order valence-electron chi connectivity index (χ2n) is 17.1. The fraction of sp³-hybridized carbons (Fsp3) is 0.851. The number of carbonyl (C=O) groups is 1. The summed E-state index contributed by atoms with van der Waals surface area (Å²) < 4.78 is 23.1. The van der Waals surface area contributed by atoms with Crippen LogP contribution in [0.2, 0.25) is 0 Å². The standard InChI is InChI=1S/C47H91N2O6P/c1-6-8-10-12-14-16-18-19-20-21-22-23-24-25-26-27-28-29-30-31-32-34-36-38-40-46(50)45(44-55-56(52,53)54-43-42-49(3,4)5)48-47(51)41-39-37-35-33-17-15-13-11-9-7-2/h27-28,31-32,38,40,45-46,50H,6-26,29-30,33-37,39,41-44H2,1-5H3,(H-,48,51,52,53)/b28-27+,32-31+,40-38+. The largest absolute Gasteiger partial charge is 0.756 e. The zero-order valence-electron chi connectivity index (χ0n) is 37.3. The number of aliphatic hydroxyl groups is 1. The second kappa shape index (κ2) is 39.2. The fourth-order valence-corrected chi connectivity index (χ4v) is 7.32. The molecule has 3 atom stereocenters. The molecule has 2 N–H and O–H groups in total. The summed E-state index contributed by atoms with van der Waals surface area (Å²) in [5, 5.41) is 13.7. The third kappa shape index (κ3) is 40.9. The van der Waals surface area contributed by atoms with Crippen molar-refractivity contribution in [2.24, 2.45) is 0 Å². The molecule has 0 aliphatic heterocycles. The smallest absolute Gasteiger partial charge is 0.268 e. The summed E-state index contributed by atoms with van der Waals surface area (Å²) in [5.74, 6) is -0.214. The molecule has 0 radical (unpaired) electrons. The van der Waals surface area contributed by atoms with Crippen LogP contribution in [0.4, 0.5) is 0 Å². The average Bonchev–Trinajstić information content (AvgIpc) is 3.15. The maximum Gasteiger partial charge on any atom is 0.268 e. The molecule has 0 heterocycles. The number of likely N-dealkylation sites (N-methyl/N-ethyl adjacent to an activating group) is 1. The van der Waals surface area contributed by atoms with Crippen LogP contribution in [0.5, 0.6) is 0 Å². The number of carbonyl (C=O) groups excluding carboxylic acids is 1. The van der Waals surface area contributed by atoms with Crippen LogP contribution in [0, 0.1) is 0 Å². The fourth-order valence-electron chi connectivity index (χ4n) is 6.60. The van der Waals surface area contributed by atoms with Crippen molar-refractivity contribution in [2.45, 2.75) is 219 Å². The molecule has 0 aromatic rings. The normalized spacial score (nSPS) is 14.6. The number of unbranched alkanes of at least 4 members (excludes halogenated alkanes) is 25. The number of allylic oxidation sites excluding steroid dienone is 5. The highest BCUT2D eigenvalue weighted by Crippen LogP contribution is 2.38. The number of rotatable bonds is 42. The van der Waals surface area contributed by atoms with Gasteiger partial charge in [-0.05, 0) is 44.9 Å². The maximum atomic E-state index is 12.8. The molecule has 1 amide bonds. The highest BCUT2D eigenvalue weighted by atomic mass is 31.2. The first-order chi connectivity index (χ1) is 27.0. The Morgan fingerprint density at radius 3 is 1.45 bits per heavy atom. The molecule has 0 saturated carbocycles. The van der Waals surface area contributed by atoms with Gasteiger partial charge in [0.05, 0.1) is 39.9 Å². The van der Waals surface area contributed by atoms with Gasteiger partial charge >= 0.3 is 0 Å². The molecular weight excluding hydrogens is 719 g/mol. The van der Waals surface area contributed by atoms with Crippen molar-refractivity contribution in [3.63, 3.8) is 0 Å². The first kappa shape index (κ1) is 54.7. The van der Waals surface area contributed by atoms with E-state index in [4.69, 9.17) is 9.05 Å². The predicted molar refractivity (Wildman–Crippen MR) is 238 cm³/mol. The van der Waals surface area contributed by atoms with E-state index in [9.17, 15) is 19.4 Å². The Hall–Kier alpha value is -1.28. The van der Waals surface area contributed by atoms with Crippen molar-refractivity contribution in [3.05, 3.63) is 36.5 Å². The molecule has 330 valence electrons. The van der Waals surface area contributed by atoms with E-state index in [1.165, 1.54) is 141 Å². The van der Waals surface area contributed by atoms with E-state index < -0.39 is 26.6 Å². The number of hydrogen-bond donors (Lipinski definition) is 2. The Morgan fingerprint density at radius 2 is 1.00 bits per heavy atom.